The first kappa shape index (κ1) is 22.7. The Morgan fingerprint density at radius 1 is 0.800 bits per heavy atom. The fourth-order valence-corrected chi connectivity index (χ4v) is 1.29. The topological polar surface area (TPSA) is 127 Å². The molecule has 0 amide bonds. The van der Waals surface area contributed by atoms with Crippen molar-refractivity contribution in [1.82, 2.24) is 9.97 Å². The van der Waals surface area contributed by atoms with Crippen molar-refractivity contribution in [3.8, 4) is 0 Å². The number of nitrogens with two attached hydrogens (primary N) is 2. The molecule has 8 nitrogen and oxygen atoms in total. The van der Waals surface area contributed by atoms with Crippen molar-refractivity contribution in [3.63, 3.8) is 0 Å². The number of aromatic nitrogens is 2. The molecule has 11 heteroatoms. The molecule has 2 rings (SSSR count). The Morgan fingerprint density at radius 3 is 1.48 bits per heavy atom. The first-order valence-corrected chi connectivity index (χ1v) is 7.28. The summed E-state index contributed by atoms with van der Waals surface area (Å²) in [5.74, 6) is 0. The third kappa shape index (κ3) is 12.7. The number of pyridine rings is 2. The van der Waals surface area contributed by atoms with Gasteiger partial charge in [0.2, 0.25) is 0 Å². The summed E-state index contributed by atoms with van der Waals surface area (Å²) in [6.07, 6.45) is 6.31. The zero-order valence-electron chi connectivity index (χ0n) is 12.7. The van der Waals surface area contributed by atoms with Gasteiger partial charge < -0.3 is 36.7 Å². The van der Waals surface area contributed by atoms with Crippen LogP contribution in [0.15, 0.2) is 69.2 Å². The van der Waals surface area contributed by atoms with Gasteiger partial charge in [-0.15, -0.1) is 0 Å². The van der Waals surface area contributed by atoms with E-state index in [0.29, 0.717) is 0 Å². The van der Waals surface area contributed by atoms with Crippen LogP contribution in [0.25, 0.3) is 0 Å². The van der Waals surface area contributed by atoms with Crippen molar-refractivity contribution in [1.29, 1.82) is 0 Å². The van der Waals surface area contributed by atoms with Gasteiger partial charge in [0.25, 0.3) is 0 Å². The molecule has 0 radical (unpaired) electrons. The van der Waals surface area contributed by atoms with Gasteiger partial charge in [0.15, 0.2) is 0 Å². The monoisotopic (exact) mass is 464 g/mol. The standard InChI is InChI=1S/2C7H8N4S.Pd/c2*8-7(12)11-10-5-6-3-1-2-4-9-6;/h2*1-5H,(H3,8,11,12);/q;;+2/p-2/b2*10-5-;. The molecular formula is C14H14N8PdS2. The van der Waals surface area contributed by atoms with E-state index in [-0.39, 0.29) is 30.8 Å². The molecule has 0 spiro atoms. The van der Waals surface area contributed by atoms with Gasteiger partial charge in [-0.2, -0.15) is 20.4 Å². The van der Waals surface area contributed by atoms with Crippen molar-refractivity contribution in [2.45, 2.75) is 0 Å². The molecule has 0 aliphatic rings. The zero-order chi connectivity index (χ0) is 17.6. The van der Waals surface area contributed by atoms with E-state index >= 15 is 0 Å². The summed E-state index contributed by atoms with van der Waals surface area (Å²) < 4.78 is 0. The minimum atomic E-state index is 0. The SMILES string of the molecule is N/C([S-])=N\N=C/c1ccccn1.N/C([S-])=N\N=C/c1ccccn1.[Pd+2]. The van der Waals surface area contributed by atoms with Crippen LogP contribution in [0, 0.1) is 0 Å². The zero-order valence-corrected chi connectivity index (χ0v) is 15.9. The van der Waals surface area contributed by atoms with Gasteiger partial charge >= 0.3 is 20.4 Å². The molecule has 0 aliphatic heterocycles. The van der Waals surface area contributed by atoms with E-state index in [1.165, 1.54) is 12.4 Å². The van der Waals surface area contributed by atoms with Crippen molar-refractivity contribution >= 4 is 48.0 Å². The molecule has 0 unspecified atom stereocenters. The molecule has 0 saturated heterocycles. The molecule has 132 valence electrons. The Labute approximate surface area is 170 Å². The average Bonchev–Trinajstić information content (AvgIpc) is 2.57. The molecular weight excluding hydrogens is 451 g/mol. The molecule has 4 N–H and O–H groups in total. The van der Waals surface area contributed by atoms with Crippen molar-refractivity contribution < 1.29 is 20.4 Å². The van der Waals surface area contributed by atoms with E-state index in [2.05, 4.69) is 55.6 Å². The molecule has 0 aliphatic carbocycles. The molecule has 0 saturated carbocycles. The van der Waals surface area contributed by atoms with Gasteiger partial charge in [-0.25, -0.2) is 0 Å². The molecule has 2 heterocycles. The van der Waals surface area contributed by atoms with E-state index < -0.39 is 0 Å². The Bertz CT molecular complexity index is 649. The van der Waals surface area contributed by atoms with Crippen molar-refractivity contribution in [2.75, 3.05) is 0 Å². The Morgan fingerprint density at radius 2 is 1.20 bits per heavy atom. The first-order valence-electron chi connectivity index (χ1n) is 6.47. The summed E-state index contributed by atoms with van der Waals surface area (Å²) in [6, 6.07) is 11.0. The Kier molecular flexibility index (Phi) is 12.8. The summed E-state index contributed by atoms with van der Waals surface area (Å²) in [6.45, 7) is 0. The third-order valence-corrected chi connectivity index (χ3v) is 2.23. The van der Waals surface area contributed by atoms with Gasteiger partial charge in [0.05, 0.1) is 23.8 Å². The van der Waals surface area contributed by atoms with E-state index in [9.17, 15) is 0 Å². The third-order valence-electron chi connectivity index (χ3n) is 2.07. The maximum atomic E-state index is 5.09. The second-order valence-corrected chi connectivity index (χ2v) is 4.71. The normalized spacial score (nSPS) is 11.7. The van der Waals surface area contributed by atoms with Crippen LogP contribution in [0.4, 0.5) is 0 Å². The number of amidine groups is 2. The Balaban J connectivity index is 0.000000443. The smallest absolute Gasteiger partial charge is 0.741 e. The van der Waals surface area contributed by atoms with Crippen LogP contribution in [0.1, 0.15) is 11.4 Å². The van der Waals surface area contributed by atoms with E-state index in [1.54, 1.807) is 24.5 Å². The van der Waals surface area contributed by atoms with Gasteiger partial charge in [-0.1, -0.05) is 12.1 Å². The summed E-state index contributed by atoms with van der Waals surface area (Å²) in [4.78, 5) is 7.96. The second-order valence-electron chi connectivity index (χ2n) is 3.87. The van der Waals surface area contributed by atoms with Crippen molar-refractivity contribution in [3.05, 3.63) is 60.2 Å². The fourth-order valence-electron chi connectivity index (χ4n) is 1.19. The van der Waals surface area contributed by atoms with Crippen LogP contribution in [-0.4, -0.2) is 32.7 Å². The molecule has 0 aromatic carbocycles. The van der Waals surface area contributed by atoms with Crippen LogP contribution >= 0.6 is 0 Å². The summed E-state index contributed by atoms with van der Waals surface area (Å²) in [5.41, 5.74) is 11.6. The van der Waals surface area contributed by atoms with Crippen molar-refractivity contribution in [2.24, 2.45) is 31.9 Å². The summed E-state index contributed by atoms with van der Waals surface area (Å²) in [7, 11) is 0. The minimum Gasteiger partial charge on any atom is -0.741 e. The van der Waals surface area contributed by atoms with Gasteiger partial charge in [0.1, 0.15) is 0 Å². The predicted octanol–water partition coefficient (Wildman–Crippen LogP) is 0.552. The predicted molar refractivity (Wildman–Crippen MR) is 102 cm³/mol. The Hall–Kier alpha value is -2.32. The fraction of sp³-hybridized carbons (Fsp3) is 0. The molecule has 0 bridgehead atoms. The number of rotatable bonds is 4. The first-order chi connectivity index (χ1) is 11.6. The maximum absolute atomic E-state index is 5.09. The van der Waals surface area contributed by atoms with Gasteiger partial charge in [-0.3, -0.25) is 9.97 Å². The molecule has 0 atom stereocenters. The maximum Gasteiger partial charge on any atom is 2.00 e. The van der Waals surface area contributed by atoms with Crippen LogP contribution in [-0.2, 0) is 45.7 Å². The van der Waals surface area contributed by atoms with E-state index in [4.69, 9.17) is 11.5 Å². The van der Waals surface area contributed by atoms with Crippen LogP contribution in [0.2, 0.25) is 0 Å². The minimum absolute atomic E-state index is 0. The number of hydrogen-bond acceptors (Lipinski definition) is 8. The molecule has 2 aromatic rings. The van der Waals surface area contributed by atoms with Crippen LogP contribution < -0.4 is 11.5 Å². The number of nitrogens with zero attached hydrogens (tertiary/aromatic N) is 6. The van der Waals surface area contributed by atoms with E-state index in [1.807, 2.05) is 24.3 Å². The largest absolute Gasteiger partial charge is 2.00 e. The van der Waals surface area contributed by atoms with Crippen LogP contribution in [0.5, 0.6) is 0 Å². The van der Waals surface area contributed by atoms with Gasteiger partial charge in [0, 0.05) is 12.4 Å². The van der Waals surface area contributed by atoms with Gasteiger partial charge in [-0.05, 0) is 34.6 Å². The van der Waals surface area contributed by atoms with Crippen LogP contribution in [0.3, 0.4) is 0 Å². The second kappa shape index (κ2) is 14.1. The molecule has 0 fully saturated rings. The average molecular weight is 465 g/mol. The number of hydrogen-bond donors (Lipinski definition) is 2. The summed E-state index contributed by atoms with van der Waals surface area (Å²) >= 11 is 8.98. The molecule has 2 aromatic heterocycles. The van der Waals surface area contributed by atoms with E-state index in [0.717, 1.165) is 11.4 Å². The molecule has 25 heavy (non-hydrogen) atoms. The summed E-state index contributed by atoms with van der Waals surface area (Å²) in [5, 5.41) is 14.2. The quantitative estimate of drug-likeness (QED) is 0.224.